The molecule has 0 spiro atoms. The molecule has 1 heterocycles. The van der Waals surface area contributed by atoms with Crippen molar-refractivity contribution in [3.05, 3.63) is 24.4 Å². The molecule has 0 saturated heterocycles. The van der Waals surface area contributed by atoms with E-state index in [2.05, 4.69) is 15.6 Å². The van der Waals surface area contributed by atoms with E-state index in [-0.39, 0.29) is 13.2 Å². The number of hydrogen-bond donors (Lipinski definition) is 3. The number of nitrogens with zero attached hydrogens (tertiary/aromatic N) is 1. The molecule has 0 fully saturated rings. The zero-order valence-electron chi connectivity index (χ0n) is 7.93. The van der Waals surface area contributed by atoms with Gasteiger partial charge in [-0.1, -0.05) is 6.07 Å². The summed E-state index contributed by atoms with van der Waals surface area (Å²) in [6.45, 7) is -0.156. The Balaban J connectivity index is 2.45. The lowest BCUT2D eigenvalue weighted by Crippen LogP contribution is -2.36. The molecule has 15 heavy (non-hydrogen) atoms. The summed E-state index contributed by atoms with van der Waals surface area (Å²) in [5.74, 6) is -1.29. The Bertz CT molecular complexity index is 340. The number of rotatable bonds is 3. The van der Waals surface area contributed by atoms with E-state index in [0.717, 1.165) is 0 Å². The van der Waals surface area contributed by atoms with E-state index in [4.69, 9.17) is 5.11 Å². The molecule has 6 nitrogen and oxygen atoms in total. The first-order valence-corrected chi connectivity index (χ1v) is 4.35. The number of aliphatic hydroxyl groups is 1. The number of aliphatic hydroxyl groups excluding tert-OH is 1. The smallest absolute Gasteiger partial charge is 0.314 e. The molecule has 0 bridgehead atoms. The second kappa shape index (κ2) is 5.71. The van der Waals surface area contributed by atoms with Crippen molar-refractivity contribution in [1.29, 1.82) is 0 Å². The molecule has 80 valence electrons. The third-order valence-electron chi connectivity index (χ3n) is 1.51. The molecule has 1 aromatic rings. The maximum atomic E-state index is 11.2. The Morgan fingerprint density at radius 1 is 1.33 bits per heavy atom. The van der Waals surface area contributed by atoms with E-state index < -0.39 is 11.8 Å². The lowest BCUT2D eigenvalue weighted by Gasteiger charge is -2.03. The number of amides is 2. The molecule has 0 aliphatic carbocycles. The molecule has 0 aliphatic rings. The number of nitrogens with one attached hydrogen (secondary N) is 2. The molecule has 0 radical (unpaired) electrons. The third-order valence-corrected chi connectivity index (χ3v) is 1.51. The van der Waals surface area contributed by atoms with Crippen molar-refractivity contribution in [3.8, 4) is 0 Å². The molecular weight excluding hydrogens is 198 g/mol. The fourth-order valence-electron chi connectivity index (χ4n) is 0.859. The lowest BCUT2D eigenvalue weighted by molar-refractivity contribution is -0.136. The summed E-state index contributed by atoms with van der Waals surface area (Å²) >= 11 is 0. The van der Waals surface area contributed by atoms with Gasteiger partial charge >= 0.3 is 11.8 Å². The van der Waals surface area contributed by atoms with Crippen molar-refractivity contribution >= 4 is 17.6 Å². The van der Waals surface area contributed by atoms with Gasteiger partial charge < -0.3 is 15.7 Å². The normalized spacial score (nSPS) is 9.40. The first-order valence-electron chi connectivity index (χ1n) is 4.35. The molecule has 1 rings (SSSR count). The van der Waals surface area contributed by atoms with Crippen molar-refractivity contribution < 1.29 is 14.7 Å². The number of aromatic nitrogens is 1. The molecule has 0 atom stereocenters. The van der Waals surface area contributed by atoms with Crippen molar-refractivity contribution in [2.45, 2.75) is 0 Å². The Kier molecular flexibility index (Phi) is 4.24. The standard InChI is InChI=1S/C9H11N3O3/c13-6-5-11-8(14)9(15)12-7-3-1-2-4-10-7/h1-4,13H,5-6H2,(H,11,14)(H,10,12,15). The van der Waals surface area contributed by atoms with Gasteiger partial charge in [-0.15, -0.1) is 0 Å². The van der Waals surface area contributed by atoms with Crippen LogP contribution in [0.1, 0.15) is 0 Å². The van der Waals surface area contributed by atoms with E-state index in [1.807, 2.05) is 0 Å². The van der Waals surface area contributed by atoms with Gasteiger partial charge in [0.05, 0.1) is 6.61 Å². The summed E-state index contributed by atoms with van der Waals surface area (Å²) in [6.07, 6.45) is 1.50. The van der Waals surface area contributed by atoms with Gasteiger partial charge in [0.1, 0.15) is 5.82 Å². The van der Waals surface area contributed by atoms with E-state index in [0.29, 0.717) is 5.82 Å². The maximum Gasteiger partial charge on any atom is 0.314 e. The Labute approximate surface area is 86.3 Å². The van der Waals surface area contributed by atoms with Crippen LogP contribution in [0.15, 0.2) is 24.4 Å². The van der Waals surface area contributed by atoms with Crippen molar-refractivity contribution in [2.75, 3.05) is 18.5 Å². The minimum absolute atomic E-state index is 0.0501. The van der Waals surface area contributed by atoms with Crippen LogP contribution in [0.4, 0.5) is 5.82 Å². The number of carbonyl (C=O) groups excluding carboxylic acids is 2. The summed E-state index contributed by atoms with van der Waals surface area (Å²) in [4.78, 5) is 26.0. The van der Waals surface area contributed by atoms with Gasteiger partial charge in [-0.25, -0.2) is 4.98 Å². The highest BCUT2D eigenvalue weighted by Crippen LogP contribution is 1.98. The van der Waals surface area contributed by atoms with Gasteiger partial charge in [-0.2, -0.15) is 0 Å². The number of anilines is 1. The molecule has 0 aromatic carbocycles. The van der Waals surface area contributed by atoms with Gasteiger partial charge in [0.25, 0.3) is 0 Å². The number of carbonyl (C=O) groups is 2. The molecule has 3 N–H and O–H groups in total. The largest absolute Gasteiger partial charge is 0.395 e. The quantitative estimate of drug-likeness (QED) is 0.564. The minimum Gasteiger partial charge on any atom is -0.395 e. The SMILES string of the molecule is O=C(NCCO)C(=O)Nc1ccccn1. The lowest BCUT2D eigenvalue weighted by atomic mass is 10.4. The van der Waals surface area contributed by atoms with Crippen LogP contribution in [-0.2, 0) is 9.59 Å². The van der Waals surface area contributed by atoms with E-state index in [1.54, 1.807) is 18.2 Å². The maximum absolute atomic E-state index is 11.2. The van der Waals surface area contributed by atoms with Crippen LogP contribution in [0.3, 0.4) is 0 Å². The van der Waals surface area contributed by atoms with Gasteiger partial charge in [0, 0.05) is 12.7 Å². The summed E-state index contributed by atoms with van der Waals surface area (Å²) in [5.41, 5.74) is 0. The molecule has 6 heteroatoms. The first kappa shape index (κ1) is 11.1. The second-order valence-corrected chi connectivity index (χ2v) is 2.65. The minimum atomic E-state index is -0.804. The molecule has 0 unspecified atom stereocenters. The zero-order valence-corrected chi connectivity index (χ0v) is 7.93. The summed E-state index contributed by atoms with van der Waals surface area (Å²) < 4.78 is 0. The van der Waals surface area contributed by atoms with E-state index in [9.17, 15) is 9.59 Å². The van der Waals surface area contributed by atoms with Gasteiger partial charge in [0.2, 0.25) is 0 Å². The van der Waals surface area contributed by atoms with Crippen LogP contribution in [0, 0.1) is 0 Å². The summed E-state index contributed by atoms with van der Waals surface area (Å²) in [6, 6.07) is 4.95. The Morgan fingerprint density at radius 3 is 2.73 bits per heavy atom. The fourth-order valence-corrected chi connectivity index (χ4v) is 0.859. The van der Waals surface area contributed by atoms with Gasteiger partial charge in [0.15, 0.2) is 0 Å². The third kappa shape index (κ3) is 3.74. The topological polar surface area (TPSA) is 91.3 Å². The van der Waals surface area contributed by atoms with Crippen molar-refractivity contribution in [2.24, 2.45) is 0 Å². The van der Waals surface area contributed by atoms with Crippen LogP contribution in [0.2, 0.25) is 0 Å². The molecule has 1 aromatic heterocycles. The molecular formula is C9H11N3O3. The first-order chi connectivity index (χ1) is 7.24. The van der Waals surface area contributed by atoms with Crippen molar-refractivity contribution in [3.63, 3.8) is 0 Å². The van der Waals surface area contributed by atoms with Crippen LogP contribution < -0.4 is 10.6 Å². The van der Waals surface area contributed by atoms with Gasteiger partial charge in [-0.3, -0.25) is 9.59 Å². The predicted octanol–water partition coefficient (Wildman–Crippen LogP) is -0.871. The summed E-state index contributed by atoms with van der Waals surface area (Å²) in [5, 5.41) is 13.0. The highest BCUT2D eigenvalue weighted by Gasteiger charge is 2.12. The number of pyridine rings is 1. The fraction of sp³-hybridized carbons (Fsp3) is 0.222. The van der Waals surface area contributed by atoms with Crippen LogP contribution in [-0.4, -0.2) is 35.1 Å². The van der Waals surface area contributed by atoms with Crippen LogP contribution >= 0.6 is 0 Å². The Morgan fingerprint density at radius 2 is 2.13 bits per heavy atom. The number of hydrogen-bond acceptors (Lipinski definition) is 4. The van der Waals surface area contributed by atoms with E-state index in [1.165, 1.54) is 6.20 Å². The van der Waals surface area contributed by atoms with E-state index >= 15 is 0 Å². The van der Waals surface area contributed by atoms with Crippen LogP contribution in [0.25, 0.3) is 0 Å². The average Bonchev–Trinajstić information content (AvgIpc) is 2.27. The van der Waals surface area contributed by atoms with Gasteiger partial charge in [-0.05, 0) is 12.1 Å². The summed E-state index contributed by atoms with van der Waals surface area (Å²) in [7, 11) is 0. The molecule has 0 aliphatic heterocycles. The highest BCUT2D eigenvalue weighted by atomic mass is 16.3. The monoisotopic (exact) mass is 209 g/mol. The molecule has 2 amide bonds. The average molecular weight is 209 g/mol. The Hall–Kier alpha value is -1.95. The predicted molar refractivity (Wildman–Crippen MR) is 53.0 cm³/mol. The highest BCUT2D eigenvalue weighted by molar-refractivity contribution is 6.39. The zero-order chi connectivity index (χ0) is 11.1. The second-order valence-electron chi connectivity index (χ2n) is 2.65. The molecule has 0 saturated carbocycles. The van der Waals surface area contributed by atoms with Crippen LogP contribution in [0.5, 0.6) is 0 Å². The van der Waals surface area contributed by atoms with Crippen molar-refractivity contribution in [1.82, 2.24) is 10.3 Å².